The van der Waals surface area contributed by atoms with Crippen molar-refractivity contribution >= 4 is 16.5 Å². The van der Waals surface area contributed by atoms with Crippen LogP contribution in [0.25, 0.3) is 0 Å². The van der Waals surface area contributed by atoms with Crippen LogP contribution < -0.4 is 0 Å². The fraction of sp³-hybridized carbons (Fsp3) is 1.00. The van der Waals surface area contributed by atoms with Gasteiger partial charge in [0.1, 0.15) is 5.85 Å². The van der Waals surface area contributed by atoms with Crippen molar-refractivity contribution in [1.82, 2.24) is 4.67 Å². The van der Waals surface area contributed by atoms with Crippen LogP contribution in [0.15, 0.2) is 0 Å². The number of hydrogen-bond donors (Lipinski definition) is 0. The SMILES string of the molecule is COC(N(C)P(=O)(OC)OC)[Si](C)C. The third kappa shape index (κ3) is 3.15. The van der Waals surface area contributed by atoms with Gasteiger partial charge in [-0.05, 0) is 7.05 Å². The number of ether oxygens (including phenoxy) is 1. The normalized spacial score (nSPS) is 15.1. The quantitative estimate of drug-likeness (QED) is 0.401. The van der Waals surface area contributed by atoms with E-state index in [9.17, 15) is 4.57 Å². The minimum absolute atomic E-state index is 0.189. The van der Waals surface area contributed by atoms with E-state index in [1.54, 1.807) is 14.2 Å². The van der Waals surface area contributed by atoms with Gasteiger partial charge < -0.3 is 4.74 Å². The molecule has 1 unspecified atom stereocenters. The summed E-state index contributed by atoms with van der Waals surface area (Å²) in [5, 5.41) is 0. The second-order valence-corrected chi connectivity index (χ2v) is 8.02. The molecule has 0 amide bonds. The smallest absolute Gasteiger partial charge is 0.370 e. The van der Waals surface area contributed by atoms with Crippen LogP contribution in [0.4, 0.5) is 0 Å². The molecule has 7 heteroatoms. The highest BCUT2D eigenvalue weighted by Crippen LogP contribution is 2.50. The Morgan fingerprint density at radius 2 is 1.64 bits per heavy atom. The standard InChI is InChI=1S/C7H19NO4PSi/c1-8(7(10-2)14(5)6)13(9,11-3)12-4/h7H,1-6H3. The molecule has 1 atom stereocenters. The van der Waals surface area contributed by atoms with E-state index in [0.29, 0.717) is 0 Å². The van der Waals surface area contributed by atoms with Crippen LogP contribution in [0.3, 0.4) is 0 Å². The van der Waals surface area contributed by atoms with Crippen LogP contribution in [0.2, 0.25) is 13.1 Å². The molecular weight excluding hydrogens is 221 g/mol. The van der Waals surface area contributed by atoms with E-state index >= 15 is 0 Å². The predicted molar refractivity (Wildman–Crippen MR) is 57.7 cm³/mol. The van der Waals surface area contributed by atoms with Gasteiger partial charge in [0.2, 0.25) is 0 Å². The van der Waals surface area contributed by atoms with Gasteiger partial charge in [-0.15, -0.1) is 0 Å². The Kier molecular flexibility index (Phi) is 6.12. The lowest BCUT2D eigenvalue weighted by molar-refractivity contribution is 0.0625. The number of nitrogens with zero attached hydrogens (tertiary/aromatic N) is 1. The van der Waals surface area contributed by atoms with Crippen molar-refractivity contribution in [2.75, 3.05) is 28.4 Å². The summed E-state index contributed by atoms with van der Waals surface area (Å²) in [6, 6.07) is 0. The Hall–Kier alpha value is 0.287. The fourth-order valence-corrected chi connectivity index (χ4v) is 4.57. The topological polar surface area (TPSA) is 48.0 Å². The van der Waals surface area contributed by atoms with Crippen LogP contribution in [-0.4, -0.2) is 47.7 Å². The lowest BCUT2D eigenvalue weighted by Crippen LogP contribution is -2.41. The maximum absolute atomic E-state index is 12.0. The molecule has 0 N–H and O–H groups in total. The number of rotatable bonds is 6. The molecule has 0 aliphatic carbocycles. The summed E-state index contributed by atoms with van der Waals surface area (Å²) in [5.74, 6) is -0.189. The molecule has 0 saturated carbocycles. The molecule has 0 aliphatic heterocycles. The van der Waals surface area contributed by atoms with Crippen LogP contribution in [0.1, 0.15) is 0 Å². The number of hydrogen-bond acceptors (Lipinski definition) is 4. The zero-order valence-corrected chi connectivity index (χ0v) is 11.5. The van der Waals surface area contributed by atoms with Crippen molar-refractivity contribution in [3.05, 3.63) is 0 Å². The van der Waals surface area contributed by atoms with Crippen LogP contribution in [-0.2, 0) is 18.3 Å². The molecule has 0 aromatic carbocycles. The third-order valence-electron chi connectivity index (χ3n) is 1.90. The van der Waals surface area contributed by atoms with Crippen molar-refractivity contribution in [2.24, 2.45) is 0 Å². The Morgan fingerprint density at radius 1 is 1.21 bits per heavy atom. The Morgan fingerprint density at radius 3 is 1.86 bits per heavy atom. The Bertz CT molecular complexity index is 206. The lowest BCUT2D eigenvalue weighted by Gasteiger charge is -2.32. The summed E-state index contributed by atoms with van der Waals surface area (Å²) < 4.78 is 28.5. The van der Waals surface area contributed by atoms with Gasteiger partial charge in [0.15, 0.2) is 0 Å². The largest absolute Gasteiger partial charge is 0.409 e. The van der Waals surface area contributed by atoms with Gasteiger partial charge in [-0.3, -0.25) is 9.05 Å². The molecule has 85 valence electrons. The Balaban J connectivity index is 4.71. The van der Waals surface area contributed by atoms with Gasteiger partial charge in [-0.2, -0.15) is 4.67 Å². The van der Waals surface area contributed by atoms with E-state index in [1.807, 2.05) is 0 Å². The van der Waals surface area contributed by atoms with Gasteiger partial charge in [0.05, 0.1) is 8.80 Å². The van der Waals surface area contributed by atoms with Crippen molar-refractivity contribution < 1.29 is 18.3 Å². The minimum atomic E-state index is -3.16. The van der Waals surface area contributed by atoms with Gasteiger partial charge in [-0.25, -0.2) is 4.57 Å². The summed E-state index contributed by atoms with van der Waals surface area (Å²) in [6.45, 7) is 4.15. The Labute approximate surface area is 87.5 Å². The first-order valence-corrected chi connectivity index (χ1v) is 8.28. The summed E-state index contributed by atoms with van der Waals surface area (Å²) in [5.41, 5.74) is 0. The molecule has 1 radical (unpaired) electrons. The highest BCUT2D eigenvalue weighted by atomic mass is 31.2. The number of methoxy groups -OCH3 is 1. The zero-order valence-electron chi connectivity index (χ0n) is 9.60. The van der Waals surface area contributed by atoms with Crippen molar-refractivity contribution in [3.63, 3.8) is 0 Å². The molecule has 14 heavy (non-hydrogen) atoms. The maximum Gasteiger partial charge on any atom is 0.409 e. The molecule has 0 rings (SSSR count). The fourth-order valence-electron chi connectivity index (χ4n) is 1.22. The second kappa shape index (κ2) is 6.00. The highest BCUT2D eigenvalue weighted by Gasteiger charge is 2.35. The third-order valence-corrected chi connectivity index (χ3v) is 5.64. The first kappa shape index (κ1) is 14.3. The monoisotopic (exact) mass is 240 g/mol. The van der Waals surface area contributed by atoms with Crippen molar-refractivity contribution in [2.45, 2.75) is 18.9 Å². The molecule has 0 saturated heterocycles. The van der Waals surface area contributed by atoms with Gasteiger partial charge in [0.25, 0.3) is 0 Å². The van der Waals surface area contributed by atoms with Crippen LogP contribution in [0, 0.1) is 0 Å². The summed E-state index contributed by atoms with van der Waals surface area (Å²) >= 11 is 0. The van der Waals surface area contributed by atoms with E-state index in [0.717, 1.165) is 0 Å². The molecule has 5 nitrogen and oxygen atoms in total. The lowest BCUT2D eigenvalue weighted by atomic mass is 11.1. The molecule has 0 aromatic heterocycles. The van der Waals surface area contributed by atoms with E-state index in [2.05, 4.69) is 13.1 Å². The van der Waals surface area contributed by atoms with E-state index < -0.39 is 16.5 Å². The summed E-state index contributed by atoms with van der Waals surface area (Å²) in [6.07, 6.45) is 0. The molecular formula is C7H19NO4PSi. The maximum atomic E-state index is 12.0. The summed E-state index contributed by atoms with van der Waals surface area (Å²) in [4.78, 5) is 0. The molecule has 0 bridgehead atoms. The van der Waals surface area contributed by atoms with Gasteiger partial charge in [0, 0.05) is 21.3 Å². The minimum Gasteiger partial charge on any atom is -0.370 e. The average molecular weight is 240 g/mol. The van der Waals surface area contributed by atoms with E-state index in [4.69, 9.17) is 13.8 Å². The van der Waals surface area contributed by atoms with Crippen LogP contribution >= 0.6 is 7.75 Å². The molecule has 0 aliphatic rings. The first-order chi connectivity index (χ1) is 6.42. The summed E-state index contributed by atoms with van der Waals surface area (Å²) in [7, 11) is 2.09. The highest BCUT2D eigenvalue weighted by molar-refractivity contribution is 7.51. The van der Waals surface area contributed by atoms with Gasteiger partial charge in [-0.1, -0.05) is 13.1 Å². The predicted octanol–water partition coefficient (Wildman–Crippen LogP) is 1.59. The van der Waals surface area contributed by atoms with Gasteiger partial charge >= 0.3 is 7.75 Å². The van der Waals surface area contributed by atoms with E-state index in [1.165, 1.54) is 18.9 Å². The average Bonchev–Trinajstić information content (AvgIpc) is 2.17. The van der Waals surface area contributed by atoms with E-state index in [-0.39, 0.29) is 5.85 Å². The molecule has 0 spiro atoms. The first-order valence-electron chi connectivity index (χ1n) is 4.20. The molecule has 0 heterocycles. The van der Waals surface area contributed by atoms with Crippen molar-refractivity contribution in [3.8, 4) is 0 Å². The second-order valence-electron chi connectivity index (χ2n) is 3.07. The molecule has 0 fully saturated rings. The van der Waals surface area contributed by atoms with Crippen molar-refractivity contribution in [1.29, 1.82) is 0 Å². The zero-order chi connectivity index (χ0) is 11.4. The molecule has 0 aromatic rings. The van der Waals surface area contributed by atoms with Crippen LogP contribution in [0.5, 0.6) is 0 Å².